The number of piperazine rings is 1. The Hall–Kier alpha value is -3.58. The Morgan fingerprint density at radius 3 is 2.39 bits per heavy atom. The molecule has 1 aromatic heterocycles. The van der Waals surface area contributed by atoms with Gasteiger partial charge in [0.1, 0.15) is 18.1 Å². The number of likely N-dealkylation sites (N-methyl/N-ethyl adjacent to an activating group) is 1. The quantitative estimate of drug-likeness (QED) is 0.490. The Kier molecular flexibility index (Phi) is 7.30. The number of benzene rings is 2. The molecule has 1 saturated heterocycles. The van der Waals surface area contributed by atoms with Crippen molar-refractivity contribution in [3.63, 3.8) is 0 Å². The maximum absolute atomic E-state index is 13.4. The van der Waals surface area contributed by atoms with Gasteiger partial charge in [0.05, 0.1) is 6.04 Å². The van der Waals surface area contributed by atoms with Crippen LogP contribution in [0.15, 0.2) is 65.1 Å². The van der Waals surface area contributed by atoms with Crippen molar-refractivity contribution in [1.29, 1.82) is 0 Å². The molecule has 2 aliphatic rings. The topological polar surface area (TPSA) is 66.2 Å². The molecule has 1 atom stereocenters. The zero-order valence-corrected chi connectivity index (χ0v) is 22.8. The van der Waals surface area contributed by atoms with Crippen LogP contribution in [0.5, 0.6) is 5.75 Å². The van der Waals surface area contributed by atoms with Gasteiger partial charge in [0, 0.05) is 38.1 Å². The van der Waals surface area contributed by atoms with E-state index in [9.17, 15) is 9.59 Å². The molecule has 0 aliphatic carbocycles. The number of amides is 2. The van der Waals surface area contributed by atoms with E-state index in [1.807, 2.05) is 60.9 Å². The number of rotatable bonds is 5. The smallest absolute Gasteiger partial charge is 0.289 e. The van der Waals surface area contributed by atoms with Crippen molar-refractivity contribution < 1.29 is 18.7 Å². The SMILES string of the molecule is CN1CCN(C(=O)c2ccc(COc3ccc4c(c3)C(c3ccccc3)N(C(=O)C(C)(C)C)CC4)o2)CC1. The van der Waals surface area contributed by atoms with E-state index in [1.165, 1.54) is 5.56 Å². The molecule has 0 N–H and O–H groups in total. The number of nitrogens with zero attached hydrogens (tertiary/aromatic N) is 3. The Labute approximate surface area is 225 Å². The van der Waals surface area contributed by atoms with Gasteiger partial charge in [-0.2, -0.15) is 0 Å². The van der Waals surface area contributed by atoms with E-state index in [1.54, 1.807) is 12.1 Å². The first-order chi connectivity index (χ1) is 18.2. The highest BCUT2D eigenvalue weighted by atomic mass is 16.5. The van der Waals surface area contributed by atoms with Crippen molar-refractivity contribution in [1.82, 2.24) is 14.7 Å². The first-order valence-electron chi connectivity index (χ1n) is 13.4. The zero-order chi connectivity index (χ0) is 26.9. The summed E-state index contributed by atoms with van der Waals surface area (Å²) in [6, 6.07) is 19.7. The van der Waals surface area contributed by atoms with Gasteiger partial charge in [-0.3, -0.25) is 9.59 Å². The van der Waals surface area contributed by atoms with Crippen LogP contribution in [0.3, 0.4) is 0 Å². The highest BCUT2D eigenvalue weighted by Crippen LogP contribution is 2.39. The lowest BCUT2D eigenvalue weighted by molar-refractivity contribution is -0.141. The third-order valence-electron chi connectivity index (χ3n) is 7.41. The van der Waals surface area contributed by atoms with Crippen molar-refractivity contribution in [3.8, 4) is 5.75 Å². The van der Waals surface area contributed by atoms with Gasteiger partial charge >= 0.3 is 0 Å². The van der Waals surface area contributed by atoms with Gasteiger partial charge in [-0.1, -0.05) is 57.2 Å². The van der Waals surface area contributed by atoms with Gasteiger partial charge in [-0.15, -0.1) is 0 Å². The highest BCUT2D eigenvalue weighted by molar-refractivity contribution is 5.91. The summed E-state index contributed by atoms with van der Waals surface area (Å²) in [4.78, 5) is 32.3. The number of ether oxygens (including phenoxy) is 1. The minimum atomic E-state index is -0.475. The molecule has 0 spiro atoms. The molecule has 7 heteroatoms. The van der Waals surface area contributed by atoms with Gasteiger partial charge in [-0.25, -0.2) is 0 Å². The fourth-order valence-corrected chi connectivity index (χ4v) is 5.22. The largest absolute Gasteiger partial charge is 0.486 e. The molecule has 3 aromatic rings. The number of hydrogen-bond acceptors (Lipinski definition) is 5. The zero-order valence-electron chi connectivity index (χ0n) is 22.8. The second kappa shape index (κ2) is 10.7. The standard InChI is InChI=1S/C31H37N3O4/c1-31(2,3)30(36)34-15-14-22-10-11-24(20-26(22)28(34)23-8-6-5-7-9-23)37-21-25-12-13-27(38-25)29(35)33-18-16-32(4)17-19-33/h5-13,20,28H,14-19,21H2,1-4H3. The minimum Gasteiger partial charge on any atom is -0.486 e. The normalized spacial score (nSPS) is 18.3. The van der Waals surface area contributed by atoms with Crippen LogP contribution in [-0.4, -0.2) is 66.3 Å². The van der Waals surface area contributed by atoms with E-state index in [-0.39, 0.29) is 24.5 Å². The average molecular weight is 516 g/mol. The van der Waals surface area contributed by atoms with Gasteiger partial charge in [0.15, 0.2) is 5.76 Å². The molecule has 200 valence electrons. The van der Waals surface area contributed by atoms with E-state index in [2.05, 4.69) is 30.1 Å². The summed E-state index contributed by atoms with van der Waals surface area (Å²) in [5, 5.41) is 0. The van der Waals surface area contributed by atoms with Crippen LogP contribution in [0.25, 0.3) is 0 Å². The van der Waals surface area contributed by atoms with Crippen LogP contribution >= 0.6 is 0 Å². The third kappa shape index (κ3) is 5.48. The molecule has 7 nitrogen and oxygen atoms in total. The molecule has 0 bridgehead atoms. The van der Waals surface area contributed by atoms with E-state index < -0.39 is 5.41 Å². The molecule has 1 unspecified atom stereocenters. The number of carbonyl (C=O) groups is 2. The van der Waals surface area contributed by atoms with E-state index in [0.717, 1.165) is 30.6 Å². The number of hydrogen-bond donors (Lipinski definition) is 0. The van der Waals surface area contributed by atoms with Crippen LogP contribution in [0.4, 0.5) is 0 Å². The van der Waals surface area contributed by atoms with Crippen LogP contribution < -0.4 is 4.74 Å². The van der Waals surface area contributed by atoms with Crippen LogP contribution in [0.2, 0.25) is 0 Å². The number of fused-ring (bicyclic) bond motifs is 1. The lowest BCUT2D eigenvalue weighted by atomic mass is 9.85. The molecule has 3 heterocycles. The molecular formula is C31H37N3O4. The van der Waals surface area contributed by atoms with Crippen molar-refractivity contribution in [2.24, 2.45) is 5.41 Å². The Morgan fingerprint density at radius 2 is 1.68 bits per heavy atom. The van der Waals surface area contributed by atoms with E-state index >= 15 is 0 Å². The molecule has 38 heavy (non-hydrogen) atoms. The van der Waals surface area contributed by atoms with Gasteiger partial charge in [-0.05, 0) is 54.4 Å². The maximum atomic E-state index is 13.4. The molecule has 2 amide bonds. The second-order valence-electron chi connectivity index (χ2n) is 11.3. The van der Waals surface area contributed by atoms with Gasteiger partial charge < -0.3 is 23.9 Å². The first kappa shape index (κ1) is 26.0. The monoisotopic (exact) mass is 515 g/mol. The second-order valence-corrected chi connectivity index (χ2v) is 11.3. The van der Waals surface area contributed by atoms with Crippen molar-refractivity contribution in [2.75, 3.05) is 39.8 Å². The molecule has 2 aromatic carbocycles. The van der Waals surface area contributed by atoms with Gasteiger partial charge in [0.2, 0.25) is 5.91 Å². The van der Waals surface area contributed by atoms with Crippen molar-refractivity contribution in [3.05, 3.63) is 88.9 Å². The van der Waals surface area contributed by atoms with Crippen LogP contribution in [-0.2, 0) is 17.8 Å². The maximum Gasteiger partial charge on any atom is 0.289 e. The summed E-state index contributed by atoms with van der Waals surface area (Å²) in [6.07, 6.45) is 0.802. The van der Waals surface area contributed by atoms with Crippen LogP contribution in [0, 0.1) is 5.41 Å². The van der Waals surface area contributed by atoms with Crippen molar-refractivity contribution >= 4 is 11.8 Å². The first-order valence-corrected chi connectivity index (χ1v) is 13.4. The predicted molar refractivity (Wildman–Crippen MR) is 146 cm³/mol. The lowest BCUT2D eigenvalue weighted by Gasteiger charge is -2.41. The summed E-state index contributed by atoms with van der Waals surface area (Å²) < 4.78 is 12.0. The summed E-state index contributed by atoms with van der Waals surface area (Å²) >= 11 is 0. The van der Waals surface area contributed by atoms with E-state index in [4.69, 9.17) is 9.15 Å². The summed E-state index contributed by atoms with van der Waals surface area (Å²) in [7, 11) is 2.06. The summed E-state index contributed by atoms with van der Waals surface area (Å²) in [5.74, 6) is 1.71. The van der Waals surface area contributed by atoms with E-state index in [0.29, 0.717) is 36.9 Å². The average Bonchev–Trinajstić information content (AvgIpc) is 3.40. The lowest BCUT2D eigenvalue weighted by Crippen LogP contribution is -2.47. The Morgan fingerprint density at radius 1 is 0.947 bits per heavy atom. The van der Waals surface area contributed by atoms with Crippen molar-refractivity contribution in [2.45, 2.75) is 39.8 Å². The predicted octanol–water partition coefficient (Wildman–Crippen LogP) is 4.77. The molecule has 0 saturated carbocycles. The number of carbonyl (C=O) groups excluding carboxylic acids is 2. The molecule has 2 aliphatic heterocycles. The number of furan rings is 1. The van der Waals surface area contributed by atoms with Gasteiger partial charge in [0.25, 0.3) is 5.91 Å². The minimum absolute atomic E-state index is 0.0764. The molecule has 1 fully saturated rings. The molecule has 0 radical (unpaired) electrons. The third-order valence-corrected chi connectivity index (χ3v) is 7.41. The summed E-state index contributed by atoms with van der Waals surface area (Å²) in [6.45, 7) is 9.94. The Bertz CT molecular complexity index is 1290. The van der Waals surface area contributed by atoms with Crippen LogP contribution in [0.1, 0.15) is 59.8 Å². The fraction of sp³-hybridized carbons (Fsp3) is 0.419. The molecule has 5 rings (SSSR count). The summed E-state index contributed by atoms with van der Waals surface area (Å²) in [5.41, 5.74) is 2.92. The fourth-order valence-electron chi connectivity index (χ4n) is 5.22. The molecular weight excluding hydrogens is 478 g/mol. The highest BCUT2D eigenvalue weighted by Gasteiger charge is 2.37. The Balaban J connectivity index is 1.34.